The second kappa shape index (κ2) is 10.2. The van der Waals surface area contributed by atoms with Gasteiger partial charge in [-0.05, 0) is 48.9 Å². The third-order valence-corrected chi connectivity index (χ3v) is 6.59. The molecule has 4 rings (SSSR count). The number of aromatic nitrogens is 2. The van der Waals surface area contributed by atoms with Crippen LogP contribution in [-0.4, -0.2) is 53.5 Å². The molecule has 7 nitrogen and oxygen atoms in total. The van der Waals surface area contributed by atoms with Crippen LogP contribution >= 0.6 is 23.2 Å². The molecule has 176 valence electrons. The van der Waals surface area contributed by atoms with Crippen LogP contribution in [0.3, 0.4) is 0 Å². The number of β-amino-alcohol motifs (C(OH)–C–C–N with tert-alkyl or cyclic N) is 1. The zero-order chi connectivity index (χ0) is 24.3. The smallest absolute Gasteiger partial charge is 0.233 e. The summed E-state index contributed by atoms with van der Waals surface area (Å²) in [6.45, 7) is 4.17. The molecular formula is C25H25Cl2N5O2. The maximum absolute atomic E-state index is 11.2. The fourth-order valence-electron chi connectivity index (χ4n) is 4.28. The largest absolute Gasteiger partial charge is 0.480 e. The Morgan fingerprint density at radius 3 is 2.50 bits per heavy atom. The predicted octanol–water partition coefficient (Wildman–Crippen LogP) is 4.43. The molecule has 1 aliphatic rings. The highest BCUT2D eigenvalue weighted by atomic mass is 35.5. The van der Waals surface area contributed by atoms with Gasteiger partial charge >= 0.3 is 0 Å². The van der Waals surface area contributed by atoms with Gasteiger partial charge in [-0.1, -0.05) is 35.3 Å². The van der Waals surface area contributed by atoms with Crippen LogP contribution in [0.25, 0.3) is 0 Å². The van der Waals surface area contributed by atoms with Crippen molar-refractivity contribution in [3.8, 4) is 11.9 Å². The van der Waals surface area contributed by atoms with Gasteiger partial charge in [-0.3, -0.25) is 4.90 Å². The number of ether oxygens (including phenoxy) is 1. The summed E-state index contributed by atoms with van der Waals surface area (Å²) in [5.41, 5.74) is 1.75. The SMILES string of the molecule is COc1ccc([C@](C)(O)CN2CCN(c3ccc(C#N)cc3Cl)[C@H](c3ccc(Cl)cc3)C2)nn1. The molecule has 1 saturated heterocycles. The lowest BCUT2D eigenvalue weighted by Crippen LogP contribution is -2.52. The molecule has 0 amide bonds. The van der Waals surface area contributed by atoms with Crippen LogP contribution < -0.4 is 9.64 Å². The molecule has 0 aliphatic carbocycles. The van der Waals surface area contributed by atoms with Crippen molar-refractivity contribution in [2.45, 2.75) is 18.6 Å². The number of aliphatic hydroxyl groups is 1. The van der Waals surface area contributed by atoms with E-state index in [2.05, 4.69) is 26.1 Å². The molecular weight excluding hydrogens is 473 g/mol. The molecule has 1 aliphatic heterocycles. The standard InChI is InChI=1S/C25H25Cl2N5O2/c1-25(33,23-9-10-24(34-2)30-29-23)16-31-11-12-32(21-8-3-17(14-28)13-20(21)27)22(15-31)18-4-6-19(26)7-5-18/h3-10,13,22,33H,11-12,15-16H2,1-2H3/t22-,25+/m0/s1. The van der Waals surface area contributed by atoms with Crippen molar-refractivity contribution in [3.05, 3.63) is 81.5 Å². The first kappa shape index (κ1) is 24.2. The Kier molecular flexibility index (Phi) is 7.24. The molecule has 3 aromatic rings. The summed E-state index contributed by atoms with van der Waals surface area (Å²) in [7, 11) is 1.53. The molecule has 0 saturated carbocycles. The fraction of sp³-hybridized carbons (Fsp3) is 0.320. The van der Waals surface area contributed by atoms with E-state index < -0.39 is 5.60 Å². The van der Waals surface area contributed by atoms with Crippen LogP contribution in [0.2, 0.25) is 10.0 Å². The molecule has 0 unspecified atom stereocenters. The zero-order valence-corrected chi connectivity index (χ0v) is 20.5. The van der Waals surface area contributed by atoms with Crippen molar-refractivity contribution >= 4 is 28.9 Å². The first-order valence-corrected chi connectivity index (χ1v) is 11.6. The fourth-order valence-corrected chi connectivity index (χ4v) is 4.70. The normalized spacial score (nSPS) is 18.2. The van der Waals surface area contributed by atoms with Gasteiger partial charge in [-0.2, -0.15) is 5.26 Å². The van der Waals surface area contributed by atoms with Crippen LogP contribution in [0.15, 0.2) is 54.6 Å². The molecule has 34 heavy (non-hydrogen) atoms. The van der Waals surface area contributed by atoms with Crippen LogP contribution in [0, 0.1) is 11.3 Å². The minimum absolute atomic E-state index is 0.0331. The molecule has 0 bridgehead atoms. The summed E-state index contributed by atoms with van der Waals surface area (Å²) < 4.78 is 5.07. The zero-order valence-electron chi connectivity index (χ0n) is 18.9. The minimum atomic E-state index is -1.20. The van der Waals surface area contributed by atoms with Crippen LogP contribution in [0.4, 0.5) is 5.69 Å². The van der Waals surface area contributed by atoms with Crippen LogP contribution in [0.1, 0.15) is 29.8 Å². The van der Waals surface area contributed by atoms with Gasteiger partial charge in [0.25, 0.3) is 0 Å². The summed E-state index contributed by atoms with van der Waals surface area (Å²) in [5, 5.41) is 29.8. The van der Waals surface area contributed by atoms with Gasteiger partial charge in [-0.25, -0.2) is 0 Å². The van der Waals surface area contributed by atoms with E-state index in [0.717, 1.165) is 11.3 Å². The Morgan fingerprint density at radius 1 is 1.12 bits per heavy atom. The van der Waals surface area contributed by atoms with Crippen LogP contribution in [0.5, 0.6) is 5.88 Å². The van der Waals surface area contributed by atoms with E-state index >= 15 is 0 Å². The van der Waals surface area contributed by atoms with Gasteiger partial charge in [0.1, 0.15) is 5.60 Å². The first-order valence-electron chi connectivity index (χ1n) is 10.9. The van der Waals surface area contributed by atoms with Crippen molar-refractivity contribution in [3.63, 3.8) is 0 Å². The monoisotopic (exact) mass is 497 g/mol. The highest BCUT2D eigenvalue weighted by Gasteiger charge is 2.35. The maximum atomic E-state index is 11.2. The summed E-state index contributed by atoms with van der Waals surface area (Å²) in [6.07, 6.45) is 0. The van der Waals surface area contributed by atoms with E-state index in [-0.39, 0.29) is 6.04 Å². The van der Waals surface area contributed by atoms with Gasteiger partial charge in [0.15, 0.2) is 0 Å². The molecule has 0 radical (unpaired) electrons. The van der Waals surface area contributed by atoms with E-state index in [1.165, 1.54) is 7.11 Å². The highest BCUT2D eigenvalue weighted by Crippen LogP contribution is 2.36. The number of rotatable bonds is 6. The topological polar surface area (TPSA) is 85.5 Å². The maximum Gasteiger partial charge on any atom is 0.233 e. The minimum Gasteiger partial charge on any atom is -0.480 e. The number of hydrogen-bond acceptors (Lipinski definition) is 7. The lowest BCUT2D eigenvalue weighted by atomic mass is 9.97. The quantitative estimate of drug-likeness (QED) is 0.538. The summed E-state index contributed by atoms with van der Waals surface area (Å²) in [4.78, 5) is 4.45. The van der Waals surface area contributed by atoms with Gasteiger partial charge in [0, 0.05) is 37.3 Å². The van der Waals surface area contributed by atoms with E-state index in [4.69, 9.17) is 27.9 Å². The van der Waals surface area contributed by atoms with Crippen molar-refractivity contribution in [1.82, 2.24) is 15.1 Å². The summed E-state index contributed by atoms with van der Waals surface area (Å²) >= 11 is 12.7. The van der Waals surface area contributed by atoms with Gasteiger partial charge in [0.2, 0.25) is 5.88 Å². The third kappa shape index (κ3) is 5.26. The van der Waals surface area contributed by atoms with Crippen LogP contribution in [-0.2, 0) is 5.60 Å². The van der Waals surface area contributed by atoms with E-state index in [0.29, 0.717) is 53.4 Å². The Hall–Kier alpha value is -2.89. The third-order valence-electron chi connectivity index (χ3n) is 6.04. The van der Waals surface area contributed by atoms with Crippen molar-refractivity contribution in [2.75, 3.05) is 38.2 Å². The van der Waals surface area contributed by atoms with E-state index in [9.17, 15) is 10.4 Å². The number of nitriles is 1. The van der Waals surface area contributed by atoms with Gasteiger partial charge in [0.05, 0.1) is 41.2 Å². The highest BCUT2D eigenvalue weighted by molar-refractivity contribution is 6.33. The Labute approximate surface area is 209 Å². The number of methoxy groups -OCH3 is 1. The summed E-state index contributed by atoms with van der Waals surface area (Å²) in [6, 6.07) is 18.6. The molecule has 9 heteroatoms. The molecule has 1 fully saturated rings. The lowest BCUT2D eigenvalue weighted by molar-refractivity contribution is 0.00596. The van der Waals surface area contributed by atoms with Crippen molar-refractivity contribution in [2.24, 2.45) is 0 Å². The van der Waals surface area contributed by atoms with Gasteiger partial charge < -0.3 is 14.7 Å². The van der Waals surface area contributed by atoms with Gasteiger partial charge in [-0.15, -0.1) is 10.2 Å². The van der Waals surface area contributed by atoms with E-state index in [1.54, 1.807) is 31.2 Å². The Morgan fingerprint density at radius 2 is 1.88 bits per heavy atom. The predicted molar refractivity (Wildman–Crippen MR) is 132 cm³/mol. The molecule has 2 heterocycles. The summed E-state index contributed by atoms with van der Waals surface area (Å²) in [5.74, 6) is 0.398. The van der Waals surface area contributed by atoms with Crippen molar-refractivity contribution < 1.29 is 9.84 Å². The Balaban J connectivity index is 1.60. The average molecular weight is 498 g/mol. The average Bonchev–Trinajstić information content (AvgIpc) is 2.84. The molecule has 1 aromatic heterocycles. The number of piperazine rings is 1. The molecule has 2 atom stereocenters. The van der Waals surface area contributed by atoms with Crippen molar-refractivity contribution in [1.29, 1.82) is 5.26 Å². The number of halogens is 2. The molecule has 2 aromatic carbocycles. The number of anilines is 1. The number of benzene rings is 2. The van der Waals surface area contributed by atoms with E-state index in [1.807, 2.05) is 30.3 Å². The molecule has 0 spiro atoms. The second-order valence-electron chi connectivity index (χ2n) is 8.51. The lowest BCUT2D eigenvalue weighted by Gasteiger charge is -2.45. The second-order valence-corrected chi connectivity index (χ2v) is 9.35. The number of nitrogens with zero attached hydrogens (tertiary/aromatic N) is 5. The first-order chi connectivity index (χ1) is 16.3. The molecule has 1 N–H and O–H groups in total. The number of hydrogen-bond donors (Lipinski definition) is 1. The Bertz CT molecular complexity index is 1180.